The van der Waals surface area contributed by atoms with Crippen molar-refractivity contribution in [3.8, 4) is 0 Å². The lowest BCUT2D eigenvalue weighted by atomic mass is 10.2. The number of primary amides is 1. The number of hydrogen-bond donors (Lipinski definition) is 1. The number of fused-ring (bicyclic) bond motifs is 1. The third kappa shape index (κ3) is 1.46. The van der Waals surface area contributed by atoms with Gasteiger partial charge in [-0.2, -0.15) is 0 Å². The van der Waals surface area contributed by atoms with Gasteiger partial charge < -0.3 is 10.2 Å². The van der Waals surface area contributed by atoms with Crippen LogP contribution in [0.1, 0.15) is 10.4 Å². The second-order valence-corrected chi connectivity index (χ2v) is 3.49. The monoisotopic (exact) mass is 208 g/mol. The molecule has 0 spiro atoms. The highest BCUT2D eigenvalue weighted by Gasteiger charge is 2.07. The molecular formula is C9H8N2O2S. The second kappa shape index (κ2) is 3.34. The molecule has 0 aliphatic heterocycles. The summed E-state index contributed by atoms with van der Waals surface area (Å²) in [7, 11) is 0. The molecular weight excluding hydrogens is 200 g/mol. The molecule has 0 fully saturated rings. The van der Waals surface area contributed by atoms with Gasteiger partial charge in [0.05, 0.1) is 0 Å². The Balaban J connectivity index is 2.59. The molecule has 0 aliphatic carbocycles. The molecule has 1 amide bonds. The molecule has 1 aromatic heterocycles. The Morgan fingerprint density at radius 2 is 2.36 bits per heavy atom. The molecule has 2 rings (SSSR count). The maximum Gasteiger partial charge on any atom is 0.256 e. The van der Waals surface area contributed by atoms with Crippen molar-refractivity contribution in [2.75, 3.05) is 6.26 Å². The number of hydrogen-bond acceptors (Lipinski definition) is 4. The minimum atomic E-state index is -0.458. The van der Waals surface area contributed by atoms with Gasteiger partial charge in [0.25, 0.3) is 5.22 Å². The van der Waals surface area contributed by atoms with Crippen LogP contribution in [0.5, 0.6) is 0 Å². The number of oxazole rings is 1. The first kappa shape index (κ1) is 9.08. The van der Waals surface area contributed by atoms with E-state index in [1.807, 2.05) is 6.26 Å². The fourth-order valence-corrected chi connectivity index (χ4v) is 1.51. The fourth-order valence-electron chi connectivity index (χ4n) is 1.15. The first-order chi connectivity index (χ1) is 6.70. The van der Waals surface area contributed by atoms with Crippen LogP contribution in [0.25, 0.3) is 11.1 Å². The normalized spacial score (nSPS) is 10.6. The second-order valence-electron chi connectivity index (χ2n) is 2.73. The van der Waals surface area contributed by atoms with Crippen molar-refractivity contribution in [2.45, 2.75) is 5.22 Å². The van der Waals surface area contributed by atoms with E-state index in [1.54, 1.807) is 18.2 Å². The van der Waals surface area contributed by atoms with Gasteiger partial charge in [0.15, 0.2) is 5.58 Å². The maximum absolute atomic E-state index is 10.9. The van der Waals surface area contributed by atoms with Crippen LogP contribution in [0.15, 0.2) is 27.8 Å². The van der Waals surface area contributed by atoms with Crippen molar-refractivity contribution in [2.24, 2.45) is 5.73 Å². The van der Waals surface area contributed by atoms with E-state index in [-0.39, 0.29) is 0 Å². The number of carbonyl (C=O) groups is 1. The SMILES string of the molecule is CSc1nc2cc(C(N)=O)ccc2o1. The average Bonchev–Trinajstić information content (AvgIpc) is 2.58. The van der Waals surface area contributed by atoms with E-state index in [2.05, 4.69) is 4.98 Å². The van der Waals surface area contributed by atoms with Crippen LogP contribution in [-0.2, 0) is 0 Å². The predicted molar refractivity (Wildman–Crippen MR) is 54.3 cm³/mol. The number of carbonyl (C=O) groups excluding carboxylic acids is 1. The lowest BCUT2D eigenvalue weighted by Gasteiger charge is -1.92. The maximum atomic E-state index is 10.9. The van der Waals surface area contributed by atoms with Crippen LogP contribution in [0.3, 0.4) is 0 Å². The number of nitrogens with zero attached hydrogens (tertiary/aromatic N) is 1. The van der Waals surface area contributed by atoms with Crippen molar-refractivity contribution < 1.29 is 9.21 Å². The molecule has 14 heavy (non-hydrogen) atoms. The summed E-state index contributed by atoms with van der Waals surface area (Å²) in [6.07, 6.45) is 1.87. The molecule has 0 radical (unpaired) electrons. The van der Waals surface area contributed by atoms with Gasteiger partial charge in [-0.05, 0) is 24.5 Å². The first-order valence-electron chi connectivity index (χ1n) is 3.95. The first-order valence-corrected chi connectivity index (χ1v) is 5.17. The molecule has 0 unspecified atom stereocenters. The Kier molecular flexibility index (Phi) is 2.17. The summed E-state index contributed by atoms with van der Waals surface area (Å²) in [5.74, 6) is -0.458. The Labute approximate surface area is 84.5 Å². The molecule has 0 saturated heterocycles. The minimum absolute atomic E-state index is 0.443. The highest BCUT2D eigenvalue weighted by atomic mass is 32.2. The average molecular weight is 208 g/mol. The predicted octanol–water partition coefficient (Wildman–Crippen LogP) is 1.65. The van der Waals surface area contributed by atoms with Gasteiger partial charge in [-0.3, -0.25) is 4.79 Å². The molecule has 0 atom stereocenters. The summed E-state index contributed by atoms with van der Waals surface area (Å²) in [6, 6.07) is 4.95. The molecule has 1 heterocycles. The number of amides is 1. The number of rotatable bonds is 2. The van der Waals surface area contributed by atoms with Crippen molar-refractivity contribution in [1.29, 1.82) is 0 Å². The summed E-state index contributed by atoms with van der Waals surface area (Å²) in [5.41, 5.74) is 6.91. The van der Waals surface area contributed by atoms with Gasteiger partial charge in [-0.1, -0.05) is 11.8 Å². The Hall–Kier alpha value is -1.49. The third-order valence-corrected chi connectivity index (χ3v) is 2.35. The molecule has 1 aromatic carbocycles. The van der Waals surface area contributed by atoms with Gasteiger partial charge in [0, 0.05) is 5.56 Å². The van der Waals surface area contributed by atoms with Gasteiger partial charge in [0.2, 0.25) is 5.91 Å². The van der Waals surface area contributed by atoms with Crippen molar-refractivity contribution >= 4 is 28.8 Å². The largest absolute Gasteiger partial charge is 0.431 e. The molecule has 2 aromatic rings. The van der Waals surface area contributed by atoms with Crippen LogP contribution in [0.4, 0.5) is 0 Å². The van der Waals surface area contributed by atoms with E-state index in [4.69, 9.17) is 10.2 Å². The highest BCUT2D eigenvalue weighted by molar-refractivity contribution is 7.98. The van der Waals surface area contributed by atoms with E-state index in [1.165, 1.54) is 11.8 Å². The zero-order chi connectivity index (χ0) is 10.1. The smallest absolute Gasteiger partial charge is 0.256 e. The van der Waals surface area contributed by atoms with E-state index in [0.29, 0.717) is 21.9 Å². The fraction of sp³-hybridized carbons (Fsp3) is 0.111. The van der Waals surface area contributed by atoms with Crippen LogP contribution >= 0.6 is 11.8 Å². The van der Waals surface area contributed by atoms with Crippen LogP contribution in [0.2, 0.25) is 0 Å². The number of thioether (sulfide) groups is 1. The Morgan fingerprint density at radius 1 is 1.57 bits per heavy atom. The lowest BCUT2D eigenvalue weighted by molar-refractivity contribution is 0.100. The molecule has 72 valence electrons. The van der Waals surface area contributed by atoms with E-state index in [0.717, 1.165) is 0 Å². The molecule has 0 saturated carbocycles. The zero-order valence-electron chi connectivity index (χ0n) is 7.48. The van der Waals surface area contributed by atoms with Gasteiger partial charge in [0.1, 0.15) is 5.52 Å². The quantitative estimate of drug-likeness (QED) is 0.762. The Morgan fingerprint density at radius 3 is 3.00 bits per heavy atom. The molecule has 2 N–H and O–H groups in total. The summed E-state index contributed by atoms with van der Waals surface area (Å²) in [4.78, 5) is 15.0. The Bertz CT molecular complexity index is 493. The van der Waals surface area contributed by atoms with Crippen molar-refractivity contribution in [1.82, 2.24) is 4.98 Å². The summed E-state index contributed by atoms with van der Waals surface area (Å²) < 4.78 is 5.35. The summed E-state index contributed by atoms with van der Waals surface area (Å²) in [6.45, 7) is 0. The van der Waals surface area contributed by atoms with E-state index in [9.17, 15) is 4.79 Å². The van der Waals surface area contributed by atoms with Crippen molar-refractivity contribution in [3.05, 3.63) is 23.8 Å². The van der Waals surface area contributed by atoms with Crippen LogP contribution < -0.4 is 5.73 Å². The molecule has 0 bridgehead atoms. The molecule has 4 nitrogen and oxygen atoms in total. The van der Waals surface area contributed by atoms with Crippen LogP contribution in [0, 0.1) is 0 Å². The number of benzene rings is 1. The molecule has 5 heteroatoms. The topological polar surface area (TPSA) is 69.1 Å². The van der Waals surface area contributed by atoms with Crippen LogP contribution in [-0.4, -0.2) is 17.1 Å². The summed E-state index contributed by atoms with van der Waals surface area (Å²) >= 11 is 1.41. The zero-order valence-corrected chi connectivity index (χ0v) is 8.30. The standard InChI is InChI=1S/C9H8N2O2S/c1-14-9-11-6-4-5(8(10)12)2-3-7(6)13-9/h2-4H,1H3,(H2,10,12). The minimum Gasteiger partial charge on any atom is -0.431 e. The third-order valence-electron chi connectivity index (χ3n) is 1.83. The summed E-state index contributed by atoms with van der Waals surface area (Å²) in [5, 5.41) is 0.585. The lowest BCUT2D eigenvalue weighted by Crippen LogP contribution is -2.10. The van der Waals surface area contributed by atoms with Crippen molar-refractivity contribution in [3.63, 3.8) is 0 Å². The van der Waals surface area contributed by atoms with Gasteiger partial charge >= 0.3 is 0 Å². The number of aromatic nitrogens is 1. The van der Waals surface area contributed by atoms with E-state index < -0.39 is 5.91 Å². The molecule has 0 aliphatic rings. The highest BCUT2D eigenvalue weighted by Crippen LogP contribution is 2.22. The number of nitrogens with two attached hydrogens (primary N) is 1. The van der Waals surface area contributed by atoms with Gasteiger partial charge in [-0.15, -0.1) is 0 Å². The van der Waals surface area contributed by atoms with E-state index >= 15 is 0 Å². The van der Waals surface area contributed by atoms with Gasteiger partial charge in [-0.25, -0.2) is 4.98 Å².